The van der Waals surface area contributed by atoms with Crippen LogP contribution in [0.15, 0.2) is 17.1 Å². The Morgan fingerprint density at radius 1 is 1.09 bits per heavy atom. The van der Waals surface area contributed by atoms with Crippen LogP contribution in [0.1, 0.15) is 95.2 Å². The summed E-state index contributed by atoms with van der Waals surface area (Å²) in [4.78, 5) is 41.6. The van der Waals surface area contributed by atoms with E-state index in [0.29, 0.717) is 6.42 Å². The van der Waals surface area contributed by atoms with Gasteiger partial charge in [0.05, 0.1) is 18.8 Å². The first-order valence-electron chi connectivity index (χ1n) is 16.3. The standard InChI is InChI=1S/C31H53N5O8Si2/c1-19(2)45(20(3)4)40-18-24-27(43-46(44-45,21(5)6)22(7)8)23(17-32)28(41-24)36-16-14-25(35-29(36)38)34-26(37)13-12-15-33-30(39)42-31(9,10)11/h14,16,19-24,27-28H,12-13,15,18H2,1-11H3,(H,33,39)(H,34,35,37,38)/t23-,24+,27-,28+/m0/s1. The SMILES string of the molecule is CC(C)[Si]1(C(C)C)OC[C@H]2O[C@@H](n3ccc(NC(=O)CCCNC(=O)OC(C)(C)C)nc3=O)[C@@H](C#N)[C@@H]2O[Si](C(C)C)(C(C)C)O1. The van der Waals surface area contributed by atoms with Gasteiger partial charge < -0.3 is 33.1 Å². The molecule has 2 fully saturated rings. The summed E-state index contributed by atoms with van der Waals surface area (Å²) in [6.45, 7) is 22.7. The van der Waals surface area contributed by atoms with Gasteiger partial charge in [0.1, 0.15) is 23.4 Å². The number of amides is 2. The second-order valence-electron chi connectivity index (χ2n) is 14.4. The van der Waals surface area contributed by atoms with Gasteiger partial charge in [0.2, 0.25) is 5.91 Å². The van der Waals surface area contributed by atoms with Crippen molar-refractivity contribution in [2.45, 2.75) is 135 Å². The van der Waals surface area contributed by atoms with Crippen LogP contribution in [0.5, 0.6) is 0 Å². The molecule has 0 saturated carbocycles. The van der Waals surface area contributed by atoms with Crippen LogP contribution < -0.4 is 16.3 Å². The molecule has 2 saturated heterocycles. The summed E-state index contributed by atoms with van der Waals surface area (Å²) in [5.74, 6) is -1.11. The Labute approximate surface area is 275 Å². The van der Waals surface area contributed by atoms with E-state index in [9.17, 15) is 19.6 Å². The van der Waals surface area contributed by atoms with E-state index in [-0.39, 0.29) is 53.5 Å². The summed E-state index contributed by atoms with van der Waals surface area (Å²) in [6, 6.07) is 3.83. The number of rotatable bonds is 10. The Hall–Kier alpha value is -2.62. The average Bonchev–Trinajstić information content (AvgIpc) is 3.25. The van der Waals surface area contributed by atoms with Crippen molar-refractivity contribution in [3.05, 3.63) is 22.7 Å². The normalized spacial score (nSPS) is 24.3. The van der Waals surface area contributed by atoms with Crippen LogP contribution in [0.3, 0.4) is 0 Å². The third kappa shape index (κ3) is 8.45. The van der Waals surface area contributed by atoms with Crippen LogP contribution >= 0.6 is 0 Å². The van der Waals surface area contributed by atoms with Gasteiger partial charge in [-0.3, -0.25) is 9.36 Å². The lowest BCUT2D eigenvalue weighted by Gasteiger charge is -2.51. The number of carbonyl (C=O) groups excluding carboxylic acids is 2. The van der Waals surface area contributed by atoms with Crippen molar-refractivity contribution in [2.75, 3.05) is 18.5 Å². The third-order valence-electron chi connectivity index (χ3n) is 8.44. The van der Waals surface area contributed by atoms with Crippen molar-refractivity contribution in [1.29, 1.82) is 5.26 Å². The molecule has 2 aliphatic rings. The fraction of sp³-hybridized carbons (Fsp3) is 0.774. The van der Waals surface area contributed by atoms with Crippen LogP contribution in [0, 0.1) is 17.2 Å². The molecule has 0 aliphatic carbocycles. The molecule has 258 valence electrons. The maximum atomic E-state index is 13.3. The quantitative estimate of drug-likeness (QED) is 0.239. The molecule has 1 aromatic heterocycles. The summed E-state index contributed by atoms with van der Waals surface area (Å²) in [5.41, 5.74) is -0.852. The molecule has 2 aliphatic heterocycles. The molecule has 46 heavy (non-hydrogen) atoms. The van der Waals surface area contributed by atoms with E-state index in [1.807, 2.05) is 0 Å². The van der Waals surface area contributed by atoms with Crippen molar-refractivity contribution < 1.29 is 32.0 Å². The van der Waals surface area contributed by atoms with Crippen molar-refractivity contribution in [1.82, 2.24) is 14.9 Å². The van der Waals surface area contributed by atoms with E-state index in [1.54, 1.807) is 20.8 Å². The molecule has 0 aromatic carbocycles. The van der Waals surface area contributed by atoms with Crippen molar-refractivity contribution in [2.24, 2.45) is 5.92 Å². The van der Waals surface area contributed by atoms with Crippen molar-refractivity contribution in [3.8, 4) is 6.07 Å². The number of carbonyl (C=O) groups is 2. The second-order valence-corrected chi connectivity index (χ2v) is 23.2. The number of alkyl carbamates (subject to hydrolysis) is 1. The summed E-state index contributed by atoms with van der Waals surface area (Å²) in [5, 5.41) is 15.6. The fourth-order valence-corrected chi connectivity index (χ4v) is 17.4. The number of nitrogens with zero attached hydrogens (tertiary/aromatic N) is 3. The highest BCUT2D eigenvalue weighted by molar-refractivity contribution is 6.84. The van der Waals surface area contributed by atoms with Crippen LogP contribution in [-0.4, -0.2) is 69.6 Å². The Morgan fingerprint density at radius 2 is 1.70 bits per heavy atom. The fourth-order valence-electron chi connectivity index (χ4n) is 6.17. The number of nitrogens with one attached hydrogen (secondary N) is 2. The smallest absolute Gasteiger partial charge is 0.407 e. The number of fused-ring (bicyclic) bond motifs is 1. The summed E-state index contributed by atoms with van der Waals surface area (Å²) >= 11 is 0. The molecule has 13 nitrogen and oxygen atoms in total. The zero-order valence-electron chi connectivity index (χ0n) is 29.2. The lowest BCUT2D eigenvalue weighted by Crippen LogP contribution is -2.65. The molecule has 0 bridgehead atoms. The Bertz CT molecular complexity index is 1310. The van der Waals surface area contributed by atoms with E-state index < -0.39 is 58.9 Å². The predicted octanol–water partition coefficient (Wildman–Crippen LogP) is 5.48. The maximum Gasteiger partial charge on any atom is 0.407 e. The molecule has 1 aromatic rings. The molecule has 0 unspecified atom stereocenters. The van der Waals surface area contributed by atoms with Gasteiger partial charge in [-0.1, -0.05) is 55.4 Å². The predicted molar refractivity (Wildman–Crippen MR) is 177 cm³/mol. The first-order chi connectivity index (χ1) is 21.4. The van der Waals surface area contributed by atoms with Crippen LogP contribution in [0.2, 0.25) is 22.2 Å². The van der Waals surface area contributed by atoms with E-state index in [4.69, 9.17) is 22.4 Å². The van der Waals surface area contributed by atoms with E-state index in [2.05, 4.69) is 77.1 Å². The van der Waals surface area contributed by atoms with Crippen molar-refractivity contribution in [3.63, 3.8) is 0 Å². The average molecular weight is 680 g/mol. The lowest BCUT2D eigenvalue weighted by molar-refractivity contribution is -0.116. The summed E-state index contributed by atoms with van der Waals surface area (Å²) < 4.78 is 33.9. The topological polar surface area (TPSA) is 163 Å². The maximum absolute atomic E-state index is 13.3. The highest BCUT2D eigenvalue weighted by Crippen LogP contribution is 2.49. The Kier molecular flexibility index (Phi) is 12.4. The Balaban J connectivity index is 1.79. The highest BCUT2D eigenvalue weighted by Gasteiger charge is 2.62. The number of ether oxygens (including phenoxy) is 2. The Morgan fingerprint density at radius 3 is 2.22 bits per heavy atom. The molecule has 2 amide bonds. The molecule has 0 radical (unpaired) electrons. The van der Waals surface area contributed by atoms with Gasteiger partial charge >= 0.3 is 28.9 Å². The number of hydrogen-bond acceptors (Lipinski definition) is 10. The zero-order chi connectivity index (χ0) is 34.6. The highest BCUT2D eigenvalue weighted by atomic mass is 28.5. The molecule has 4 atom stereocenters. The second kappa shape index (κ2) is 15.1. The number of aromatic nitrogens is 2. The van der Waals surface area contributed by atoms with Gasteiger partial charge in [0.15, 0.2) is 6.23 Å². The molecule has 2 N–H and O–H groups in total. The van der Waals surface area contributed by atoms with Crippen molar-refractivity contribution >= 4 is 34.9 Å². The summed E-state index contributed by atoms with van der Waals surface area (Å²) in [7, 11) is -5.81. The molecule has 3 rings (SSSR count). The molecule has 0 spiro atoms. The number of hydrogen-bond donors (Lipinski definition) is 2. The van der Waals surface area contributed by atoms with E-state index in [0.717, 1.165) is 0 Å². The molecule has 15 heteroatoms. The minimum absolute atomic E-state index is 0.0676. The van der Waals surface area contributed by atoms with E-state index in [1.165, 1.54) is 16.8 Å². The third-order valence-corrected chi connectivity index (χ3v) is 18.7. The number of nitriles is 1. The van der Waals surface area contributed by atoms with Gasteiger partial charge in [-0.15, -0.1) is 0 Å². The minimum Gasteiger partial charge on any atom is -0.444 e. The number of anilines is 1. The molecule has 3 heterocycles. The minimum atomic E-state index is -3.00. The first-order valence-corrected chi connectivity index (χ1v) is 20.2. The first kappa shape index (κ1) is 37.8. The monoisotopic (exact) mass is 679 g/mol. The van der Waals surface area contributed by atoms with Crippen LogP contribution in [0.4, 0.5) is 10.6 Å². The lowest BCUT2D eigenvalue weighted by atomic mass is 10.0. The van der Waals surface area contributed by atoms with Gasteiger partial charge in [-0.2, -0.15) is 10.2 Å². The van der Waals surface area contributed by atoms with Gasteiger partial charge in [0.25, 0.3) is 0 Å². The molecular formula is C31H53N5O8Si2. The zero-order valence-corrected chi connectivity index (χ0v) is 31.2. The van der Waals surface area contributed by atoms with Gasteiger partial charge in [-0.25, -0.2) is 9.59 Å². The van der Waals surface area contributed by atoms with E-state index >= 15 is 0 Å². The van der Waals surface area contributed by atoms with Gasteiger partial charge in [-0.05, 0) is 55.4 Å². The molecular weight excluding hydrogens is 627 g/mol. The van der Waals surface area contributed by atoms with Crippen LogP contribution in [0.25, 0.3) is 0 Å². The largest absolute Gasteiger partial charge is 0.444 e. The summed E-state index contributed by atoms with van der Waals surface area (Å²) in [6.07, 6.45) is -0.845. The van der Waals surface area contributed by atoms with Crippen LogP contribution in [-0.2, 0) is 27.2 Å². The van der Waals surface area contributed by atoms with Gasteiger partial charge in [0, 0.05) is 19.2 Å².